The number of hydrogen-bond acceptors (Lipinski definition) is 2. The Kier molecular flexibility index (Phi) is 4.93. The number of aliphatic hydroxyl groups is 1. The van der Waals surface area contributed by atoms with Gasteiger partial charge in [-0.1, -0.05) is 0 Å². The minimum Gasteiger partial charge on any atom is -0.390 e. The van der Waals surface area contributed by atoms with E-state index in [1.807, 2.05) is 0 Å². The Morgan fingerprint density at radius 3 is 2.64 bits per heavy atom. The van der Waals surface area contributed by atoms with Crippen molar-refractivity contribution in [3.05, 3.63) is 0 Å². The third kappa shape index (κ3) is 5.90. The minimum absolute atomic E-state index is 0.581. The summed E-state index contributed by atoms with van der Waals surface area (Å²) in [6.45, 7) is 2.36. The molecule has 0 bridgehead atoms. The number of hydrogen-bond donors (Lipinski definition) is 1. The van der Waals surface area contributed by atoms with Crippen LogP contribution in [0.3, 0.4) is 0 Å². The van der Waals surface area contributed by atoms with Crippen LogP contribution in [0.25, 0.3) is 0 Å². The first kappa shape index (κ1) is 10.5. The lowest BCUT2D eigenvalue weighted by Gasteiger charge is -2.21. The first-order chi connectivity index (χ1) is 5.12. The fourth-order valence-electron chi connectivity index (χ4n) is 0.788. The van der Waals surface area contributed by atoms with Gasteiger partial charge in [0.2, 0.25) is 0 Å². The van der Waals surface area contributed by atoms with Crippen LogP contribution in [0.2, 0.25) is 0 Å². The SMILES string of the molecule is C#CCCC(C)(O)CCOC. The molecule has 1 N–H and O–H groups in total. The maximum Gasteiger partial charge on any atom is 0.0650 e. The van der Waals surface area contributed by atoms with Gasteiger partial charge in [0, 0.05) is 20.1 Å². The van der Waals surface area contributed by atoms with Gasteiger partial charge in [-0.15, -0.1) is 12.3 Å². The van der Waals surface area contributed by atoms with Gasteiger partial charge in [0.25, 0.3) is 0 Å². The van der Waals surface area contributed by atoms with Gasteiger partial charge in [0.05, 0.1) is 5.60 Å². The molecule has 0 aliphatic carbocycles. The molecule has 0 rings (SSSR count). The van der Waals surface area contributed by atoms with E-state index in [-0.39, 0.29) is 0 Å². The van der Waals surface area contributed by atoms with Crippen molar-refractivity contribution >= 4 is 0 Å². The summed E-state index contributed by atoms with van der Waals surface area (Å²) in [4.78, 5) is 0. The molecule has 0 radical (unpaired) electrons. The molecule has 0 heterocycles. The summed E-state index contributed by atoms with van der Waals surface area (Å²) < 4.78 is 4.85. The van der Waals surface area contributed by atoms with Crippen molar-refractivity contribution in [2.45, 2.75) is 31.8 Å². The van der Waals surface area contributed by atoms with Crippen LogP contribution < -0.4 is 0 Å². The Morgan fingerprint density at radius 2 is 2.18 bits per heavy atom. The molecule has 1 atom stereocenters. The highest BCUT2D eigenvalue weighted by molar-refractivity contribution is 4.87. The second-order valence-electron chi connectivity index (χ2n) is 2.94. The van der Waals surface area contributed by atoms with E-state index < -0.39 is 5.60 Å². The van der Waals surface area contributed by atoms with E-state index in [4.69, 9.17) is 11.2 Å². The molecule has 0 aromatic rings. The molecule has 64 valence electrons. The largest absolute Gasteiger partial charge is 0.390 e. The summed E-state index contributed by atoms with van der Waals surface area (Å²) in [6, 6.07) is 0. The summed E-state index contributed by atoms with van der Waals surface area (Å²) in [7, 11) is 1.62. The first-order valence-electron chi connectivity index (χ1n) is 3.77. The van der Waals surface area contributed by atoms with Gasteiger partial charge in [0.1, 0.15) is 0 Å². The standard InChI is InChI=1S/C9H16O2/c1-4-5-6-9(2,10)7-8-11-3/h1,10H,5-8H2,2-3H3. The van der Waals surface area contributed by atoms with Crippen molar-refractivity contribution in [2.75, 3.05) is 13.7 Å². The molecule has 11 heavy (non-hydrogen) atoms. The Bertz CT molecular complexity index is 133. The smallest absolute Gasteiger partial charge is 0.0650 e. The van der Waals surface area contributed by atoms with Crippen LogP contribution in [0.5, 0.6) is 0 Å². The van der Waals surface area contributed by atoms with Gasteiger partial charge < -0.3 is 9.84 Å². The predicted molar refractivity (Wildman–Crippen MR) is 45.2 cm³/mol. The van der Waals surface area contributed by atoms with Gasteiger partial charge in [-0.05, 0) is 19.8 Å². The lowest BCUT2D eigenvalue weighted by atomic mass is 9.97. The monoisotopic (exact) mass is 156 g/mol. The molecule has 2 heteroatoms. The van der Waals surface area contributed by atoms with Crippen LogP contribution in [0.4, 0.5) is 0 Å². The highest BCUT2D eigenvalue weighted by Crippen LogP contribution is 2.15. The highest BCUT2D eigenvalue weighted by Gasteiger charge is 2.18. The fraction of sp³-hybridized carbons (Fsp3) is 0.778. The van der Waals surface area contributed by atoms with Crippen molar-refractivity contribution in [1.82, 2.24) is 0 Å². The molecular weight excluding hydrogens is 140 g/mol. The topological polar surface area (TPSA) is 29.5 Å². The maximum atomic E-state index is 9.60. The molecule has 0 fully saturated rings. The van der Waals surface area contributed by atoms with Gasteiger partial charge in [-0.2, -0.15) is 0 Å². The van der Waals surface area contributed by atoms with E-state index in [1.165, 1.54) is 0 Å². The van der Waals surface area contributed by atoms with Crippen LogP contribution in [-0.4, -0.2) is 24.4 Å². The van der Waals surface area contributed by atoms with Gasteiger partial charge >= 0.3 is 0 Å². The second-order valence-corrected chi connectivity index (χ2v) is 2.94. The van der Waals surface area contributed by atoms with E-state index >= 15 is 0 Å². The number of rotatable bonds is 5. The molecule has 2 nitrogen and oxygen atoms in total. The van der Waals surface area contributed by atoms with Crippen molar-refractivity contribution in [2.24, 2.45) is 0 Å². The van der Waals surface area contributed by atoms with Crippen LogP contribution in [-0.2, 0) is 4.74 Å². The maximum absolute atomic E-state index is 9.60. The molecule has 0 aliphatic rings. The third-order valence-corrected chi connectivity index (χ3v) is 1.65. The predicted octanol–water partition coefficient (Wildman–Crippen LogP) is 1.19. The van der Waals surface area contributed by atoms with Crippen LogP contribution in [0.15, 0.2) is 0 Å². The van der Waals surface area contributed by atoms with Crippen molar-refractivity contribution in [1.29, 1.82) is 0 Å². The highest BCUT2D eigenvalue weighted by atomic mass is 16.5. The Labute approximate surface area is 68.6 Å². The van der Waals surface area contributed by atoms with E-state index in [0.717, 1.165) is 0 Å². The first-order valence-corrected chi connectivity index (χ1v) is 3.77. The summed E-state index contributed by atoms with van der Waals surface area (Å²) in [6.07, 6.45) is 6.98. The summed E-state index contributed by atoms with van der Waals surface area (Å²) >= 11 is 0. The summed E-state index contributed by atoms with van der Waals surface area (Å²) in [5.41, 5.74) is -0.664. The zero-order valence-electron chi connectivity index (χ0n) is 7.26. The molecule has 1 unspecified atom stereocenters. The average Bonchev–Trinajstić information content (AvgIpc) is 1.97. The van der Waals surface area contributed by atoms with E-state index in [9.17, 15) is 5.11 Å². The molecule has 0 aromatic carbocycles. The number of ether oxygens (including phenoxy) is 1. The summed E-state index contributed by atoms with van der Waals surface area (Å²) in [5, 5.41) is 9.60. The van der Waals surface area contributed by atoms with Crippen molar-refractivity contribution < 1.29 is 9.84 Å². The van der Waals surface area contributed by atoms with Gasteiger partial charge in [-0.25, -0.2) is 0 Å². The van der Waals surface area contributed by atoms with Crippen LogP contribution >= 0.6 is 0 Å². The second kappa shape index (κ2) is 5.17. The van der Waals surface area contributed by atoms with E-state index in [0.29, 0.717) is 25.9 Å². The number of terminal acetylenes is 1. The zero-order valence-corrected chi connectivity index (χ0v) is 7.26. The molecule has 0 spiro atoms. The Balaban J connectivity index is 3.54. The average molecular weight is 156 g/mol. The molecule has 0 saturated carbocycles. The zero-order chi connectivity index (χ0) is 8.74. The molecule has 0 aromatic heterocycles. The van der Waals surface area contributed by atoms with E-state index in [1.54, 1.807) is 14.0 Å². The fourth-order valence-corrected chi connectivity index (χ4v) is 0.788. The molecule has 0 amide bonds. The normalized spacial score (nSPS) is 15.5. The Morgan fingerprint density at radius 1 is 1.55 bits per heavy atom. The molecule has 0 aliphatic heterocycles. The molecule has 0 saturated heterocycles. The van der Waals surface area contributed by atoms with E-state index in [2.05, 4.69) is 5.92 Å². The van der Waals surface area contributed by atoms with Crippen molar-refractivity contribution in [3.8, 4) is 12.3 Å². The number of methoxy groups -OCH3 is 1. The molecular formula is C9H16O2. The Hall–Kier alpha value is -0.520. The quantitative estimate of drug-likeness (QED) is 0.606. The van der Waals surface area contributed by atoms with Crippen molar-refractivity contribution in [3.63, 3.8) is 0 Å². The summed E-state index contributed by atoms with van der Waals surface area (Å²) in [5.74, 6) is 2.50. The lowest BCUT2D eigenvalue weighted by Crippen LogP contribution is -2.25. The van der Waals surface area contributed by atoms with Crippen LogP contribution in [0, 0.1) is 12.3 Å². The third-order valence-electron chi connectivity index (χ3n) is 1.65. The van der Waals surface area contributed by atoms with Gasteiger partial charge in [0.15, 0.2) is 0 Å². The minimum atomic E-state index is -0.664. The van der Waals surface area contributed by atoms with Gasteiger partial charge in [-0.3, -0.25) is 0 Å². The van der Waals surface area contributed by atoms with Crippen LogP contribution in [0.1, 0.15) is 26.2 Å². The lowest BCUT2D eigenvalue weighted by molar-refractivity contribution is 0.0186.